The number of aliphatic hydroxyl groups is 1. The average Bonchev–Trinajstić information content (AvgIpc) is 2.14. The molecular formula is C13H27NO3. The summed E-state index contributed by atoms with van der Waals surface area (Å²) in [5, 5.41) is 9.61. The molecule has 0 aliphatic rings. The maximum absolute atomic E-state index is 11.4. The standard InChI is InChI=1S/C13H27NO3/c1-11(15)14(9-12(16)10-17-5)8-6-7-13(2,3)4/h12,16H,6-10H2,1-5H3. The van der Waals surface area contributed by atoms with Crippen LogP contribution in [0.25, 0.3) is 0 Å². The Morgan fingerprint density at radius 3 is 2.41 bits per heavy atom. The first-order valence-electron chi connectivity index (χ1n) is 6.19. The molecule has 0 bridgehead atoms. The topological polar surface area (TPSA) is 49.8 Å². The largest absolute Gasteiger partial charge is 0.389 e. The van der Waals surface area contributed by atoms with Crippen LogP contribution in [-0.4, -0.2) is 48.8 Å². The van der Waals surface area contributed by atoms with Gasteiger partial charge in [0.15, 0.2) is 0 Å². The summed E-state index contributed by atoms with van der Waals surface area (Å²) in [7, 11) is 1.54. The molecule has 0 spiro atoms. The van der Waals surface area contributed by atoms with Gasteiger partial charge in [-0.05, 0) is 18.3 Å². The zero-order chi connectivity index (χ0) is 13.5. The van der Waals surface area contributed by atoms with Crippen molar-refractivity contribution in [3.8, 4) is 0 Å². The van der Waals surface area contributed by atoms with Gasteiger partial charge in [0.25, 0.3) is 0 Å². The highest BCUT2D eigenvalue weighted by Gasteiger charge is 2.16. The maximum atomic E-state index is 11.4. The molecule has 1 amide bonds. The number of carbonyl (C=O) groups is 1. The fourth-order valence-electron chi connectivity index (χ4n) is 1.68. The van der Waals surface area contributed by atoms with Crippen molar-refractivity contribution in [2.45, 2.75) is 46.6 Å². The van der Waals surface area contributed by atoms with Crippen LogP contribution in [0, 0.1) is 5.41 Å². The number of carbonyl (C=O) groups excluding carboxylic acids is 1. The predicted molar refractivity (Wildman–Crippen MR) is 68.8 cm³/mol. The van der Waals surface area contributed by atoms with Gasteiger partial charge >= 0.3 is 0 Å². The Morgan fingerprint density at radius 1 is 1.41 bits per heavy atom. The molecule has 0 aliphatic heterocycles. The minimum absolute atomic E-state index is 0.00839. The van der Waals surface area contributed by atoms with Crippen LogP contribution in [0.1, 0.15) is 40.5 Å². The summed E-state index contributed by atoms with van der Waals surface area (Å²) in [6, 6.07) is 0. The Morgan fingerprint density at radius 2 is 2.00 bits per heavy atom. The molecule has 0 aliphatic carbocycles. The van der Waals surface area contributed by atoms with Crippen LogP contribution in [0.2, 0.25) is 0 Å². The fraction of sp³-hybridized carbons (Fsp3) is 0.923. The van der Waals surface area contributed by atoms with E-state index in [9.17, 15) is 9.90 Å². The number of aliphatic hydroxyl groups excluding tert-OH is 1. The van der Waals surface area contributed by atoms with Crippen LogP contribution >= 0.6 is 0 Å². The molecule has 0 aromatic carbocycles. The van der Waals surface area contributed by atoms with E-state index in [-0.39, 0.29) is 17.9 Å². The van der Waals surface area contributed by atoms with Crippen LogP contribution in [0.5, 0.6) is 0 Å². The Bertz CT molecular complexity index is 223. The van der Waals surface area contributed by atoms with E-state index in [0.717, 1.165) is 12.8 Å². The number of hydrogen-bond donors (Lipinski definition) is 1. The average molecular weight is 245 g/mol. The third-order valence-electron chi connectivity index (χ3n) is 2.59. The van der Waals surface area contributed by atoms with Crippen molar-refractivity contribution >= 4 is 5.91 Å². The molecule has 1 unspecified atom stereocenters. The molecule has 0 aromatic rings. The first-order chi connectivity index (χ1) is 7.76. The van der Waals surface area contributed by atoms with E-state index in [1.165, 1.54) is 6.92 Å². The first kappa shape index (κ1) is 16.4. The Hall–Kier alpha value is -0.610. The summed E-state index contributed by atoms with van der Waals surface area (Å²) < 4.78 is 4.85. The Balaban J connectivity index is 4.03. The van der Waals surface area contributed by atoms with Crippen LogP contribution in [0.15, 0.2) is 0 Å². The lowest BCUT2D eigenvalue weighted by Crippen LogP contribution is -2.38. The van der Waals surface area contributed by atoms with Gasteiger partial charge in [-0.2, -0.15) is 0 Å². The molecule has 4 heteroatoms. The van der Waals surface area contributed by atoms with Gasteiger partial charge in [-0.1, -0.05) is 20.8 Å². The van der Waals surface area contributed by atoms with E-state index in [4.69, 9.17) is 4.74 Å². The molecule has 0 heterocycles. The van der Waals surface area contributed by atoms with E-state index in [1.807, 2.05) is 0 Å². The van der Waals surface area contributed by atoms with Crippen molar-refractivity contribution in [3.63, 3.8) is 0 Å². The quantitative estimate of drug-likeness (QED) is 0.742. The number of amides is 1. The minimum Gasteiger partial charge on any atom is -0.389 e. The van der Waals surface area contributed by atoms with E-state index in [2.05, 4.69) is 20.8 Å². The normalized spacial score (nSPS) is 13.5. The molecule has 0 saturated carbocycles. The van der Waals surface area contributed by atoms with Gasteiger partial charge < -0.3 is 14.7 Å². The number of ether oxygens (including phenoxy) is 1. The van der Waals surface area contributed by atoms with Crippen LogP contribution in [-0.2, 0) is 9.53 Å². The van der Waals surface area contributed by atoms with Crippen molar-refractivity contribution < 1.29 is 14.6 Å². The third-order valence-corrected chi connectivity index (χ3v) is 2.59. The fourth-order valence-corrected chi connectivity index (χ4v) is 1.68. The Kier molecular flexibility index (Phi) is 7.39. The van der Waals surface area contributed by atoms with Crippen molar-refractivity contribution in [1.29, 1.82) is 0 Å². The molecule has 1 N–H and O–H groups in total. The molecule has 102 valence electrons. The minimum atomic E-state index is -0.599. The van der Waals surface area contributed by atoms with Crippen molar-refractivity contribution in [3.05, 3.63) is 0 Å². The van der Waals surface area contributed by atoms with Gasteiger partial charge in [-0.3, -0.25) is 4.79 Å². The molecule has 0 radical (unpaired) electrons. The second kappa shape index (κ2) is 7.67. The molecule has 17 heavy (non-hydrogen) atoms. The smallest absolute Gasteiger partial charge is 0.219 e. The summed E-state index contributed by atoms with van der Waals surface area (Å²) in [5.74, 6) is 0.00839. The molecule has 0 aromatic heterocycles. The summed E-state index contributed by atoms with van der Waals surface area (Å²) >= 11 is 0. The van der Waals surface area contributed by atoms with Gasteiger partial charge in [0.05, 0.1) is 12.7 Å². The van der Waals surface area contributed by atoms with Crippen molar-refractivity contribution in [1.82, 2.24) is 4.90 Å². The molecule has 1 atom stereocenters. The zero-order valence-corrected chi connectivity index (χ0v) is 11.8. The lowest BCUT2D eigenvalue weighted by molar-refractivity contribution is -0.130. The van der Waals surface area contributed by atoms with Gasteiger partial charge in [0, 0.05) is 27.1 Å². The summed E-state index contributed by atoms with van der Waals surface area (Å²) in [6.45, 7) is 9.42. The highest BCUT2D eigenvalue weighted by Crippen LogP contribution is 2.20. The van der Waals surface area contributed by atoms with Gasteiger partial charge in [-0.15, -0.1) is 0 Å². The maximum Gasteiger partial charge on any atom is 0.219 e. The molecule has 0 rings (SSSR count). The molecule has 0 saturated heterocycles. The highest BCUT2D eigenvalue weighted by atomic mass is 16.5. The highest BCUT2D eigenvalue weighted by molar-refractivity contribution is 5.73. The summed E-state index contributed by atoms with van der Waals surface area (Å²) in [5.41, 5.74) is 0.285. The molecular weight excluding hydrogens is 218 g/mol. The van der Waals surface area contributed by atoms with Crippen molar-refractivity contribution in [2.75, 3.05) is 26.8 Å². The van der Waals surface area contributed by atoms with Gasteiger partial charge in [-0.25, -0.2) is 0 Å². The number of hydrogen-bond acceptors (Lipinski definition) is 3. The van der Waals surface area contributed by atoms with Gasteiger partial charge in [0.2, 0.25) is 5.91 Å². The third kappa shape index (κ3) is 9.12. The van der Waals surface area contributed by atoms with Gasteiger partial charge in [0.1, 0.15) is 0 Å². The zero-order valence-electron chi connectivity index (χ0n) is 11.8. The second-order valence-corrected chi connectivity index (χ2v) is 5.74. The van der Waals surface area contributed by atoms with E-state index in [1.54, 1.807) is 12.0 Å². The van der Waals surface area contributed by atoms with Crippen molar-refractivity contribution in [2.24, 2.45) is 5.41 Å². The lowest BCUT2D eigenvalue weighted by atomic mass is 9.90. The van der Waals surface area contributed by atoms with E-state index in [0.29, 0.717) is 13.1 Å². The van der Waals surface area contributed by atoms with Crippen LogP contribution in [0.4, 0.5) is 0 Å². The number of methoxy groups -OCH3 is 1. The lowest BCUT2D eigenvalue weighted by Gasteiger charge is -2.25. The molecule has 4 nitrogen and oxygen atoms in total. The first-order valence-corrected chi connectivity index (χ1v) is 6.19. The second-order valence-electron chi connectivity index (χ2n) is 5.74. The number of nitrogens with zero attached hydrogens (tertiary/aromatic N) is 1. The summed E-state index contributed by atoms with van der Waals surface area (Å²) in [4.78, 5) is 13.1. The predicted octanol–water partition coefficient (Wildman–Crippen LogP) is 1.67. The van der Waals surface area contributed by atoms with Crippen LogP contribution < -0.4 is 0 Å². The SMILES string of the molecule is COCC(O)CN(CCCC(C)(C)C)C(C)=O. The van der Waals surface area contributed by atoms with E-state index >= 15 is 0 Å². The monoisotopic (exact) mass is 245 g/mol. The van der Waals surface area contributed by atoms with E-state index < -0.39 is 6.10 Å². The number of rotatable bonds is 7. The van der Waals surface area contributed by atoms with Crippen LogP contribution in [0.3, 0.4) is 0 Å². The Labute approximate surface area is 105 Å². The molecule has 0 fully saturated rings. The summed E-state index contributed by atoms with van der Waals surface area (Å²) in [6.07, 6.45) is 1.43.